The van der Waals surface area contributed by atoms with E-state index in [1.807, 2.05) is 0 Å². The molecular weight excluding hydrogens is 232 g/mol. The Kier molecular flexibility index (Phi) is 5.57. The van der Waals surface area contributed by atoms with Crippen molar-refractivity contribution in [1.29, 1.82) is 0 Å². The van der Waals surface area contributed by atoms with Crippen molar-refractivity contribution in [3.63, 3.8) is 0 Å². The van der Waals surface area contributed by atoms with E-state index < -0.39 is 0 Å². The molecule has 0 bridgehead atoms. The Balaban J connectivity index is 1.78. The quantitative estimate of drug-likeness (QED) is 0.743. The lowest BCUT2D eigenvalue weighted by Crippen LogP contribution is -2.27. The van der Waals surface area contributed by atoms with Crippen molar-refractivity contribution in [2.45, 2.75) is 25.8 Å². The van der Waals surface area contributed by atoms with E-state index in [4.69, 9.17) is 9.26 Å². The molecule has 0 atom stereocenters. The Morgan fingerprint density at radius 1 is 1.39 bits per heavy atom. The first kappa shape index (κ1) is 13.5. The summed E-state index contributed by atoms with van der Waals surface area (Å²) in [6, 6.07) is 0. The van der Waals surface area contributed by atoms with Gasteiger partial charge in [0.05, 0.1) is 6.54 Å². The number of nitrogens with one attached hydrogen (secondary N) is 1. The predicted molar refractivity (Wildman–Crippen MR) is 67.3 cm³/mol. The van der Waals surface area contributed by atoms with Gasteiger partial charge < -0.3 is 14.6 Å². The van der Waals surface area contributed by atoms with Crippen LogP contribution in [-0.4, -0.2) is 54.9 Å². The molecular formula is C12H22N4O2. The number of nitrogens with zero attached hydrogens (tertiary/aromatic N) is 3. The zero-order valence-corrected chi connectivity index (χ0v) is 11.0. The highest BCUT2D eigenvalue weighted by atomic mass is 16.5. The van der Waals surface area contributed by atoms with Gasteiger partial charge in [-0.1, -0.05) is 5.16 Å². The number of rotatable bonds is 6. The van der Waals surface area contributed by atoms with Crippen LogP contribution in [0, 0.1) is 0 Å². The second kappa shape index (κ2) is 7.45. The summed E-state index contributed by atoms with van der Waals surface area (Å²) < 4.78 is 10.3. The van der Waals surface area contributed by atoms with Crippen LogP contribution in [-0.2, 0) is 17.7 Å². The molecule has 0 saturated carbocycles. The van der Waals surface area contributed by atoms with Crippen LogP contribution in [0.2, 0.25) is 0 Å². The average molecular weight is 254 g/mol. The van der Waals surface area contributed by atoms with Gasteiger partial charge >= 0.3 is 0 Å². The molecule has 1 N–H and O–H groups in total. The third kappa shape index (κ3) is 4.36. The number of aryl methyl sites for hydroxylation is 1. The SMILES string of the molecule is COCCCc1noc(CN2CCCNCC2)n1. The van der Waals surface area contributed by atoms with Crippen molar-refractivity contribution >= 4 is 0 Å². The van der Waals surface area contributed by atoms with Crippen LogP contribution in [0.3, 0.4) is 0 Å². The number of aromatic nitrogens is 2. The standard InChI is InChI=1S/C12H22N4O2/c1-17-9-2-4-11-14-12(18-15-11)10-16-7-3-5-13-6-8-16/h13H,2-10H2,1H3. The maximum atomic E-state index is 5.27. The smallest absolute Gasteiger partial charge is 0.240 e. The third-order valence-corrected chi connectivity index (χ3v) is 3.05. The van der Waals surface area contributed by atoms with Gasteiger partial charge in [-0.05, 0) is 25.9 Å². The lowest BCUT2D eigenvalue weighted by atomic mass is 10.3. The topological polar surface area (TPSA) is 63.4 Å². The molecule has 1 aromatic rings. The van der Waals surface area contributed by atoms with Gasteiger partial charge in [-0.15, -0.1) is 0 Å². The Morgan fingerprint density at radius 2 is 2.33 bits per heavy atom. The first-order valence-electron chi connectivity index (χ1n) is 6.62. The van der Waals surface area contributed by atoms with Crippen molar-refractivity contribution < 1.29 is 9.26 Å². The molecule has 2 heterocycles. The number of ether oxygens (including phenoxy) is 1. The molecule has 6 nitrogen and oxygen atoms in total. The fourth-order valence-electron chi connectivity index (χ4n) is 2.08. The van der Waals surface area contributed by atoms with Gasteiger partial charge in [0, 0.05) is 33.2 Å². The van der Waals surface area contributed by atoms with E-state index >= 15 is 0 Å². The highest BCUT2D eigenvalue weighted by Crippen LogP contribution is 2.06. The molecule has 102 valence electrons. The Morgan fingerprint density at radius 3 is 3.22 bits per heavy atom. The van der Waals surface area contributed by atoms with E-state index in [1.165, 1.54) is 6.42 Å². The van der Waals surface area contributed by atoms with E-state index in [-0.39, 0.29) is 0 Å². The highest BCUT2D eigenvalue weighted by molar-refractivity contribution is 4.87. The monoisotopic (exact) mass is 254 g/mol. The number of hydrogen-bond donors (Lipinski definition) is 1. The minimum atomic E-state index is 0.726. The minimum Gasteiger partial charge on any atom is -0.385 e. The van der Waals surface area contributed by atoms with Gasteiger partial charge in [0.2, 0.25) is 5.89 Å². The Hall–Kier alpha value is -0.980. The van der Waals surface area contributed by atoms with Gasteiger partial charge in [-0.25, -0.2) is 0 Å². The first-order valence-corrected chi connectivity index (χ1v) is 6.62. The summed E-state index contributed by atoms with van der Waals surface area (Å²) in [4.78, 5) is 6.76. The van der Waals surface area contributed by atoms with Gasteiger partial charge in [0.25, 0.3) is 0 Å². The first-order chi connectivity index (χ1) is 8.88. The second-order valence-electron chi connectivity index (χ2n) is 4.58. The summed E-state index contributed by atoms with van der Waals surface area (Å²) in [6.45, 7) is 5.77. The molecule has 0 spiro atoms. The highest BCUT2D eigenvalue weighted by Gasteiger charge is 2.13. The molecule has 0 aromatic carbocycles. The molecule has 1 saturated heterocycles. The van der Waals surface area contributed by atoms with Gasteiger partial charge in [0.15, 0.2) is 5.82 Å². The number of methoxy groups -OCH3 is 1. The molecule has 6 heteroatoms. The van der Waals surface area contributed by atoms with Crippen LogP contribution in [0.5, 0.6) is 0 Å². The van der Waals surface area contributed by atoms with Crippen molar-refractivity contribution in [1.82, 2.24) is 20.4 Å². The van der Waals surface area contributed by atoms with Crippen molar-refractivity contribution in [2.75, 3.05) is 39.9 Å². The zero-order valence-electron chi connectivity index (χ0n) is 11.0. The van der Waals surface area contributed by atoms with Crippen LogP contribution in [0.4, 0.5) is 0 Å². The van der Waals surface area contributed by atoms with Crippen molar-refractivity contribution in [3.8, 4) is 0 Å². The number of hydrogen-bond acceptors (Lipinski definition) is 6. The van der Waals surface area contributed by atoms with Crippen LogP contribution in [0.1, 0.15) is 24.6 Å². The molecule has 1 aliphatic rings. The Labute approximate surface area is 108 Å². The maximum Gasteiger partial charge on any atom is 0.240 e. The van der Waals surface area contributed by atoms with Crippen LogP contribution < -0.4 is 5.32 Å². The summed E-state index contributed by atoms with van der Waals surface area (Å²) in [5.41, 5.74) is 0. The lowest BCUT2D eigenvalue weighted by molar-refractivity contribution is 0.194. The van der Waals surface area contributed by atoms with Gasteiger partial charge in [-0.3, -0.25) is 4.90 Å². The molecule has 1 fully saturated rings. The normalized spacial score (nSPS) is 17.8. The van der Waals surface area contributed by atoms with E-state index in [1.54, 1.807) is 7.11 Å². The summed E-state index contributed by atoms with van der Waals surface area (Å²) >= 11 is 0. The Bertz CT molecular complexity index is 335. The van der Waals surface area contributed by atoms with Gasteiger partial charge in [0.1, 0.15) is 0 Å². The zero-order chi connectivity index (χ0) is 12.6. The summed E-state index contributed by atoms with van der Waals surface area (Å²) in [5, 5.41) is 7.37. The van der Waals surface area contributed by atoms with E-state index in [0.29, 0.717) is 0 Å². The third-order valence-electron chi connectivity index (χ3n) is 3.05. The molecule has 1 aromatic heterocycles. The molecule has 0 radical (unpaired) electrons. The molecule has 0 aliphatic carbocycles. The van der Waals surface area contributed by atoms with Crippen LogP contribution >= 0.6 is 0 Å². The molecule has 0 unspecified atom stereocenters. The summed E-state index contributed by atoms with van der Waals surface area (Å²) in [5.74, 6) is 1.51. The van der Waals surface area contributed by atoms with Gasteiger partial charge in [-0.2, -0.15) is 4.98 Å². The maximum absolute atomic E-state index is 5.27. The fourth-order valence-corrected chi connectivity index (χ4v) is 2.08. The van der Waals surface area contributed by atoms with Crippen LogP contribution in [0.25, 0.3) is 0 Å². The van der Waals surface area contributed by atoms with Crippen molar-refractivity contribution in [2.24, 2.45) is 0 Å². The second-order valence-corrected chi connectivity index (χ2v) is 4.58. The average Bonchev–Trinajstić information content (AvgIpc) is 2.65. The van der Waals surface area contributed by atoms with E-state index in [0.717, 1.165) is 63.9 Å². The predicted octanol–water partition coefficient (Wildman–Crippen LogP) is 0.444. The summed E-state index contributed by atoms with van der Waals surface area (Å²) in [6.07, 6.45) is 2.93. The largest absolute Gasteiger partial charge is 0.385 e. The van der Waals surface area contributed by atoms with Crippen LogP contribution in [0.15, 0.2) is 4.52 Å². The molecule has 1 aliphatic heterocycles. The molecule has 18 heavy (non-hydrogen) atoms. The molecule has 0 amide bonds. The van der Waals surface area contributed by atoms with E-state index in [9.17, 15) is 0 Å². The fraction of sp³-hybridized carbons (Fsp3) is 0.833. The van der Waals surface area contributed by atoms with Crippen molar-refractivity contribution in [3.05, 3.63) is 11.7 Å². The minimum absolute atomic E-state index is 0.726. The van der Waals surface area contributed by atoms with E-state index in [2.05, 4.69) is 20.4 Å². The molecule has 2 rings (SSSR count). The lowest BCUT2D eigenvalue weighted by Gasteiger charge is -2.16. The summed E-state index contributed by atoms with van der Waals surface area (Å²) in [7, 11) is 1.70.